The van der Waals surface area contributed by atoms with Gasteiger partial charge in [0.15, 0.2) is 0 Å². The van der Waals surface area contributed by atoms with Crippen molar-refractivity contribution in [1.29, 1.82) is 0 Å². The van der Waals surface area contributed by atoms with E-state index >= 15 is 0 Å². The lowest BCUT2D eigenvalue weighted by Gasteiger charge is -2.31. The summed E-state index contributed by atoms with van der Waals surface area (Å²) in [6.07, 6.45) is 11.2. The third-order valence-electron chi connectivity index (χ3n) is 12.7. The Morgan fingerprint density at radius 1 is 0.725 bits per heavy atom. The zero-order valence-electron chi connectivity index (χ0n) is 42.2. The van der Waals surface area contributed by atoms with Crippen LogP contribution in [0.3, 0.4) is 0 Å². The first-order chi connectivity index (χ1) is 32.9. The lowest BCUT2D eigenvalue weighted by atomic mass is 10.0. The van der Waals surface area contributed by atoms with Gasteiger partial charge in [0.1, 0.15) is 36.7 Å². The second kappa shape index (κ2) is 23.2. The first-order valence-corrected chi connectivity index (χ1v) is 27.7. The van der Waals surface area contributed by atoms with Gasteiger partial charge in [-0.25, -0.2) is 14.8 Å². The SMILES string of the molecule is CCC(C)N(CCC(=O)Nc1sc2c(c1-c1nc3cnccc3s1)CCN(C(C)C)C2)C(=O)OC(C)(C)C.CCC(C)NCCC(=O)Nc1sc2c(c1-c1nc3cnccc3s1)CCN(C(C)C)C2. The number of thiazole rings is 2. The number of ether oxygens (including phenoxy) is 1. The average molecular weight is 1020 g/mol. The van der Waals surface area contributed by atoms with Gasteiger partial charge in [-0.2, -0.15) is 0 Å². The van der Waals surface area contributed by atoms with Crippen molar-refractivity contribution < 1.29 is 19.1 Å². The van der Waals surface area contributed by atoms with Crippen molar-refractivity contribution in [3.05, 3.63) is 57.8 Å². The number of thiophene rings is 2. The number of fused-ring (bicyclic) bond motifs is 4. The summed E-state index contributed by atoms with van der Waals surface area (Å²) in [5, 5.41) is 13.5. The number of amides is 3. The van der Waals surface area contributed by atoms with Crippen LogP contribution in [0.4, 0.5) is 14.8 Å². The Kier molecular flexibility index (Phi) is 17.6. The highest BCUT2D eigenvalue weighted by molar-refractivity contribution is 7.23. The molecule has 0 aromatic carbocycles. The van der Waals surface area contributed by atoms with Crippen LogP contribution in [-0.4, -0.2) is 108 Å². The van der Waals surface area contributed by atoms with Crippen molar-refractivity contribution in [2.45, 2.75) is 158 Å². The molecule has 2 unspecified atom stereocenters. The summed E-state index contributed by atoms with van der Waals surface area (Å²) in [4.78, 5) is 66.2. The van der Waals surface area contributed by atoms with Gasteiger partial charge in [0.2, 0.25) is 11.8 Å². The van der Waals surface area contributed by atoms with Crippen LogP contribution in [0.25, 0.3) is 41.6 Å². The van der Waals surface area contributed by atoms with Gasteiger partial charge >= 0.3 is 6.09 Å². The van der Waals surface area contributed by atoms with Crippen LogP contribution in [0.5, 0.6) is 0 Å². The molecule has 0 saturated carbocycles. The number of carbonyl (C=O) groups is 3. The summed E-state index contributed by atoms with van der Waals surface area (Å²) < 4.78 is 7.81. The van der Waals surface area contributed by atoms with Gasteiger partial charge in [0, 0.05) is 110 Å². The van der Waals surface area contributed by atoms with Crippen molar-refractivity contribution in [2.75, 3.05) is 36.8 Å². The maximum absolute atomic E-state index is 13.3. The summed E-state index contributed by atoms with van der Waals surface area (Å²) in [6, 6.07) is 5.36. The van der Waals surface area contributed by atoms with Crippen molar-refractivity contribution in [3.63, 3.8) is 0 Å². The van der Waals surface area contributed by atoms with Crippen LogP contribution in [0, 0.1) is 0 Å². The van der Waals surface area contributed by atoms with Gasteiger partial charge < -0.3 is 25.6 Å². The van der Waals surface area contributed by atoms with Crippen LogP contribution >= 0.6 is 45.3 Å². The smallest absolute Gasteiger partial charge is 0.410 e. The van der Waals surface area contributed by atoms with Crippen LogP contribution in [-0.2, 0) is 40.3 Å². The Bertz CT molecular complexity index is 2650. The van der Waals surface area contributed by atoms with E-state index < -0.39 is 5.60 Å². The minimum atomic E-state index is -0.591. The Balaban J connectivity index is 0.000000208. The quantitative estimate of drug-likeness (QED) is 0.0847. The molecule has 0 bridgehead atoms. The first-order valence-electron chi connectivity index (χ1n) is 24.4. The lowest BCUT2D eigenvalue weighted by molar-refractivity contribution is -0.117. The third kappa shape index (κ3) is 13.1. The highest BCUT2D eigenvalue weighted by atomic mass is 32.1. The van der Waals surface area contributed by atoms with Gasteiger partial charge in [-0.1, -0.05) is 13.8 Å². The first kappa shape index (κ1) is 52.4. The molecule has 2 atom stereocenters. The molecule has 14 nitrogen and oxygen atoms in total. The predicted octanol–water partition coefficient (Wildman–Crippen LogP) is 11.5. The van der Waals surface area contributed by atoms with E-state index in [1.165, 1.54) is 20.9 Å². The summed E-state index contributed by atoms with van der Waals surface area (Å²) >= 11 is 6.68. The van der Waals surface area contributed by atoms with Gasteiger partial charge in [-0.05, 0) is 111 Å². The van der Waals surface area contributed by atoms with Crippen LogP contribution in [0.2, 0.25) is 0 Å². The van der Waals surface area contributed by atoms with Gasteiger partial charge in [0.05, 0.1) is 21.8 Å². The molecule has 0 radical (unpaired) electrons. The number of nitrogens with one attached hydrogen (secondary N) is 3. The molecule has 18 heteroatoms. The minimum absolute atomic E-state index is 0.0272. The van der Waals surface area contributed by atoms with E-state index in [4.69, 9.17) is 14.7 Å². The Morgan fingerprint density at radius 2 is 1.22 bits per heavy atom. The number of anilines is 2. The third-order valence-corrected chi connectivity index (χ3v) is 17.1. The van der Waals surface area contributed by atoms with E-state index in [9.17, 15) is 14.4 Å². The fourth-order valence-corrected chi connectivity index (χ4v) is 13.1. The molecule has 0 spiro atoms. The van der Waals surface area contributed by atoms with E-state index in [1.807, 2.05) is 52.9 Å². The zero-order valence-corrected chi connectivity index (χ0v) is 45.4. The molecular formula is C51H70N10O4S4. The molecule has 2 aliphatic rings. The second-order valence-electron chi connectivity index (χ2n) is 19.6. The number of carbonyl (C=O) groups excluding carboxylic acids is 3. The van der Waals surface area contributed by atoms with Crippen LogP contribution < -0.4 is 16.0 Å². The topological polar surface area (TPSA) is 158 Å². The number of aromatic nitrogens is 4. The molecule has 0 fully saturated rings. The Morgan fingerprint density at radius 3 is 1.65 bits per heavy atom. The predicted molar refractivity (Wildman–Crippen MR) is 287 cm³/mol. The fraction of sp³-hybridized carbons (Fsp3) is 0.549. The minimum Gasteiger partial charge on any atom is -0.444 e. The molecule has 0 saturated heterocycles. The van der Waals surface area contributed by atoms with E-state index in [2.05, 4.69) is 77.3 Å². The molecule has 3 amide bonds. The van der Waals surface area contributed by atoms with E-state index in [1.54, 1.807) is 68.8 Å². The van der Waals surface area contributed by atoms with Crippen molar-refractivity contribution >= 4 is 93.7 Å². The molecule has 8 heterocycles. The molecule has 2 aliphatic heterocycles. The zero-order chi connectivity index (χ0) is 49.6. The number of nitrogens with zero attached hydrogens (tertiary/aromatic N) is 7. The Labute approximate surface area is 423 Å². The van der Waals surface area contributed by atoms with Gasteiger partial charge in [-0.15, -0.1) is 45.3 Å². The number of hydrogen-bond donors (Lipinski definition) is 3. The van der Waals surface area contributed by atoms with Gasteiger partial charge in [0.25, 0.3) is 0 Å². The normalized spacial score (nSPS) is 15.1. The number of rotatable bonds is 16. The number of hydrogen-bond acceptors (Lipinski definition) is 15. The summed E-state index contributed by atoms with van der Waals surface area (Å²) in [5.74, 6) is -0.0654. The fourth-order valence-electron chi connectivity index (χ4n) is 8.34. The standard InChI is InChI=1S/C28H39N5O3S2.C23H31N5OS2/c1-8-18(4)33(27(35)36-28(5,6)7)14-11-23(34)31-26-24(25-30-20-15-29-12-9-21(20)37-25)19-10-13-32(17(2)3)16-22(19)38-26;1-5-15(4)25-10-7-20(29)27-23-21(22-26-17-12-24-9-6-18(17)30-22)16-8-11-28(14(2)3)13-19(16)31-23/h9,12,15,17-18H,8,10-11,13-14,16H2,1-7H3,(H,31,34);6,9,12,14-15,25H,5,7-8,10-11,13H2,1-4H3,(H,27,29). The summed E-state index contributed by atoms with van der Waals surface area (Å²) in [7, 11) is 0. The maximum atomic E-state index is 13.3. The van der Waals surface area contributed by atoms with Crippen molar-refractivity contribution in [1.82, 2.24) is 40.0 Å². The molecule has 3 N–H and O–H groups in total. The van der Waals surface area contributed by atoms with Crippen molar-refractivity contribution in [3.8, 4) is 21.1 Å². The summed E-state index contributed by atoms with van der Waals surface area (Å²) in [5.41, 5.74) is 5.97. The van der Waals surface area contributed by atoms with Crippen LogP contribution in [0.15, 0.2) is 36.9 Å². The largest absolute Gasteiger partial charge is 0.444 e. The van der Waals surface area contributed by atoms with E-state index in [0.717, 1.165) is 103 Å². The lowest BCUT2D eigenvalue weighted by Crippen LogP contribution is -2.43. The highest BCUT2D eigenvalue weighted by Crippen LogP contribution is 2.47. The summed E-state index contributed by atoms with van der Waals surface area (Å²) in [6.45, 7) is 27.6. The van der Waals surface area contributed by atoms with Crippen LogP contribution in [0.1, 0.15) is 123 Å². The van der Waals surface area contributed by atoms with Gasteiger partial charge in [-0.3, -0.25) is 29.4 Å². The molecule has 8 rings (SSSR count). The maximum Gasteiger partial charge on any atom is 0.410 e. The highest BCUT2D eigenvalue weighted by Gasteiger charge is 2.31. The molecule has 372 valence electrons. The molecule has 6 aromatic heterocycles. The van der Waals surface area contributed by atoms with E-state index in [-0.39, 0.29) is 30.4 Å². The number of pyridine rings is 2. The monoisotopic (exact) mass is 1010 g/mol. The second-order valence-corrected chi connectivity index (χ2v) is 23.8. The molecule has 6 aromatic rings. The molecule has 69 heavy (non-hydrogen) atoms. The Hall–Kier alpha value is -4.43. The van der Waals surface area contributed by atoms with Crippen molar-refractivity contribution in [2.24, 2.45) is 0 Å². The molecular weight excluding hydrogens is 945 g/mol. The van der Waals surface area contributed by atoms with E-state index in [0.29, 0.717) is 37.6 Å². The molecule has 0 aliphatic carbocycles. The average Bonchev–Trinajstić information content (AvgIpc) is 4.09.